The van der Waals surface area contributed by atoms with Gasteiger partial charge in [-0.25, -0.2) is 4.79 Å². The van der Waals surface area contributed by atoms with E-state index in [9.17, 15) is 14.4 Å². The summed E-state index contributed by atoms with van der Waals surface area (Å²) in [4.78, 5) is 40.7. The lowest BCUT2D eigenvalue weighted by Crippen LogP contribution is -2.38. The van der Waals surface area contributed by atoms with Crippen LogP contribution in [0.15, 0.2) is 42.5 Å². The molecule has 2 heterocycles. The number of ether oxygens (including phenoxy) is 3. The van der Waals surface area contributed by atoms with Crippen molar-refractivity contribution in [3.63, 3.8) is 0 Å². The summed E-state index contributed by atoms with van der Waals surface area (Å²) in [5.41, 5.74) is 5.40. The van der Waals surface area contributed by atoms with Crippen LogP contribution in [0.3, 0.4) is 0 Å². The molecular formula is C27H31N3O6S. The lowest BCUT2D eigenvalue weighted by atomic mass is 9.95. The number of hydrogen-bond acceptors (Lipinski definition) is 8. The molecule has 1 fully saturated rings. The van der Waals surface area contributed by atoms with Gasteiger partial charge in [-0.05, 0) is 29.0 Å². The molecule has 0 radical (unpaired) electrons. The van der Waals surface area contributed by atoms with E-state index < -0.39 is 17.8 Å². The SMILES string of the molecule is CC(C)(C)c1cc(NC(=O)C(=O)c2ccc(OCCN3CCOCC3)c3ccccc23)c(OC(N)=O)s1. The summed E-state index contributed by atoms with van der Waals surface area (Å²) in [6, 6.07) is 12.3. The maximum Gasteiger partial charge on any atom is 0.410 e. The van der Waals surface area contributed by atoms with Gasteiger partial charge in [-0.3, -0.25) is 14.5 Å². The molecule has 1 aliphatic heterocycles. The topological polar surface area (TPSA) is 120 Å². The van der Waals surface area contributed by atoms with Gasteiger partial charge in [0.05, 0.1) is 18.9 Å². The van der Waals surface area contributed by atoms with Gasteiger partial charge in [0.1, 0.15) is 12.4 Å². The minimum Gasteiger partial charge on any atom is -0.492 e. The van der Waals surface area contributed by atoms with Gasteiger partial charge in [-0.1, -0.05) is 45.0 Å². The third kappa shape index (κ3) is 6.46. The number of fused-ring (bicyclic) bond motifs is 1. The molecule has 2 aromatic carbocycles. The van der Waals surface area contributed by atoms with E-state index in [1.165, 1.54) is 11.3 Å². The normalized spacial score (nSPS) is 14.4. The lowest BCUT2D eigenvalue weighted by Gasteiger charge is -2.26. The number of ketones is 1. The molecule has 3 N–H and O–H groups in total. The number of rotatable bonds is 8. The zero-order valence-electron chi connectivity index (χ0n) is 21.2. The molecule has 37 heavy (non-hydrogen) atoms. The molecule has 0 atom stereocenters. The van der Waals surface area contributed by atoms with Crippen LogP contribution in [-0.2, 0) is 14.9 Å². The number of morpholine rings is 1. The number of hydrogen-bond donors (Lipinski definition) is 2. The summed E-state index contributed by atoms with van der Waals surface area (Å²) in [5, 5.41) is 4.08. The first-order valence-corrected chi connectivity index (χ1v) is 12.9. The van der Waals surface area contributed by atoms with Crippen LogP contribution < -0.4 is 20.5 Å². The first-order valence-electron chi connectivity index (χ1n) is 12.1. The van der Waals surface area contributed by atoms with Crippen molar-refractivity contribution in [1.82, 2.24) is 4.90 Å². The van der Waals surface area contributed by atoms with Crippen molar-refractivity contribution < 1.29 is 28.6 Å². The number of primary amides is 1. The van der Waals surface area contributed by atoms with Crippen LogP contribution in [0.4, 0.5) is 10.5 Å². The van der Waals surface area contributed by atoms with Crippen molar-refractivity contribution in [3.8, 4) is 10.8 Å². The van der Waals surface area contributed by atoms with Crippen LogP contribution in [0.2, 0.25) is 0 Å². The fraction of sp³-hybridized carbons (Fsp3) is 0.370. The molecule has 0 spiro atoms. The Hall–Kier alpha value is -3.47. The van der Waals surface area contributed by atoms with E-state index in [1.54, 1.807) is 24.3 Å². The van der Waals surface area contributed by atoms with Crippen LogP contribution in [0.25, 0.3) is 10.8 Å². The summed E-state index contributed by atoms with van der Waals surface area (Å²) < 4.78 is 16.5. The number of thiophene rings is 1. The number of anilines is 1. The van der Waals surface area contributed by atoms with Crippen molar-refractivity contribution >= 4 is 45.6 Å². The lowest BCUT2D eigenvalue weighted by molar-refractivity contribution is -0.112. The van der Waals surface area contributed by atoms with Crippen LogP contribution in [0.1, 0.15) is 36.0 Å². The van der Waals surface area contributed by atoms with Crippen LogP contribution in [0.5, 0.6) is 10.8 Å². The van der Waals surface area contributed by atoms with Gasteiger partial charge in [0.15, 0.2) is 0 Å². The molecule has 0 bridgehead atoms. The first-order chi connectivity index (χ1) is 17.6. The van der Waals surface area contributed by atoms with Crippen molar-refractivity contribution in [2.24, 2.45) is 5.73 Å². The second kappa shape index (κ2) is 11.3. The molecule has 2 amide bonds. The Morgan fingerprint density at radius 1 is 1.08 bits per heavy atom. The van der Waals surface area contributed by atoms with Gasteiger partial charge in [-0.15, -0.1) is 11.3 Å². The molecule has 3 aromatic rings. The second-order valence-corrected chi connectivity index (χ2v) is 10.7. The minimum atomic E-state index is -1.00. The van der Waals surface area contributed by atoms with Gasteiger partial charge >= 0.3 is 6.09 Å². The number of nitrogens with zero attached hydrogens (tertiary/aromatic N) is 1. The Balaban J connectivity index is 1.53. The smallest absolute Gasteiger partial charge is 0.410 e. The van der Waals surface area contributed by atoms with E-state index >= 15 is 0 Å². The average Bonchev–Trinajstić information content (AvgIpc) is 3.26. The Bertz CT molecular complexity index is 1310. The zero-order valence-corrected chi connectivity index (χ0v) is 22.0. The van der Waals surface area contributed by atoms with Crippen molar-refractivity contribution in [2.75, 3.05) is 44.8 Å². The maximum absolute atomic E-state index is 13.2. The Morgan fingerprint density at radius 3 is 2.46 bits per heavy atom. The Labute approximate surface area is 219 Å². The fourth-order valence-corrected chi connectivity index (χ4v) is 5.03. The van der Waals surface area contributed by atoms with E-state index in [0.29, 0.717) is 17.7 Å². The van der Waals surface area contributed by atoms with E-state index in [0.717, 1.165) is 43.1 Å². The number of carbonyl (C=O) groups excluding carboxylic acids is 3. The van der Waals surface area contributed by atoms with Gasteiger partial charge < -0.3 is 25.3 Å². The molecule has 0 saturated carbocycles. The predicted octanol–water partition coefficient (Wildman–Crippen LogP) is 4.19. The van der Waals surface area contributed by atoms with Gasteiger partial charge in [0.25, 0.3) is 11.7 Å². The molecule has 10 heteroatoms. The summed E-state index contributed by atoms with van der Waals surface area (Å²) in [6.45, 7) is 10.4. The number of benzene rings is 2. The van der Waals surface area contributed by atoms with E-state index in [4.69, 9.17) is 19.9 Å². The predicted molar refractivity (Wildman–Crippen MR) is 143 cm³/mol. The van der Waals surface area contributed by atoms with Crippen LogP contribution >= 0.6 is 11.3 Å². The molecular weight excluding hydrogens is 494 g/mol. The number of nitrogens with two attached hydrogens (primary N) is 1. The molecule has 0 aliphatic carbocycles. The highest BCUT2D eigenvalue weighted by molar-refractivity contribution is 7.14. The highest BCUT2D eigenvalue weighted by Gasteiger charge is 2.26. The van der Waals surface area contributed by atoms with Gasteiger partial charge in [0.2, 0.25) is 5.06 Å². The van der Waals surface area contributed by atoms with E-state index in [-0.39, 0.29) is 21.7 Å². The second-order valence-electron chi connectivity index (χ2n) is 9.73. The summed E-state index contributed by atoms with van der Waals surface area (Å²) >= 11 is 1.19. The number of nitrogens with one attached hydrogen (secondary N) is 1. The Morgan fingerprint density at radius 2 is 1.78 bits per heavy atom. The molecule has 196 valence electrons. The monoisotopic (exact) mass is 525 g/mol. The quantitative estimate of drug-likeness (QED) is 0.334. The van der Waals surface area contributed by atoms with Crippen molar-refractivity contribution in [3.05, 3.63) is 52.9 Å². The summed E-state index contributed by atoms with van der Waals surface area (Å²) in [7, 11) is 0. The number of amides is 2. The molecule has 9 nitrogen and oxygen atoms in total. The molecule has 1 aliphatic rings. The fourth-order valence-electron chi connectivity index (χ4n) is 4.00. The van der Waals surface area contributed by atoms with Gasteiger partial charge in [0, 0.05) is 35.5 Å². The van der Waals surface area contributed by atoms with Crippen molar-refractivity contribution in [1.29, 1.82) is 0 Å². The van der Waals surface area contributed by atoms with E-state index in [2.05, 4.69) is 10.2 Å². The Kier molecular flexibility index (Phi) is 8.11. The van der Waals surface area contributed by atoms with Crippen molar-refractivity contribution in [2.45, 2.75) is 26.2 Å². The summed E-state index contributed by atoms with van der Waals surface area (Å²) in [5.74, 6) is -0.922. The molecule has 4 rings (SSSR count). The highest BCUT2D eigenvalue weighted by atomic mass is 32.1. The maximum atomic E-state index is 13.2. The standard InChI is InChI=1S/C27H31N3O6S/c1-27(2,3)22-16-20(25(37-22)36-26(28)33)29-24(32)23(31)19-8-9-21(18-7-5-4-6-17(18)19)35-15-12-30-10-13-34-14-11-30/h4-9,16H,10-15H2,1-3H3,(H2,28,33)(H,29,32). The average molecular weight is 526 g/mol. The largest absolute Gasteiger partial charge is 0.492 e. The first kappa shape index (κ1) is 26.6. The van der Waals surface area contributed by atoms with E-state index in [1.807, 2.05) is 39.0 Å². The minimum absolute atomic E-state index is 0.132. The summed E-state index contributed by atoms with van der Waals surface area (Å²) in [6.07, 6.45) is -1.00. The number of Topliss-reactive ketones (excluding diaryl/α,β-unsaturated/α-hetero) is 1. The molecule has 1 saturated heterocycles. The van der Waals surface area contributed by atoms with Crippen LogP contribution in [0, 0.1) is 0 Å². The number of carbonyl (C=O) groups is 3. The highest BCUT2D eigenvalue weighted by Crippen LogP contribution is 2.41. The molecule has 0 unspecified atom stereocenters. The zero-order chi connectivity index (χ0) is 26.6. The molecule has 1 aromatic heterocycles. The third-order valence-electron chi connectivity index (χ3n) is 5.98. The third-order valence-corrected chi connectivity index (χ3v) is 7.42. The van der Waals surface area contributed by atoms with Crippen LogP contribution in [-0.4, -0.2) is 62.1 Å². The van der Waals surface area contributed by atoms with Gasteiger partial charge in [-0.2, -0.15) is 0 Å².